The van der Waals surface area contributed by atoms with Crippen LogP contribution in [-0.2, 0) is 19.1 Å². The number of rotatable bonds is 3. The first-order valence-corrected chi connectivity index (χ1v) is 4.43. The Balaban J connectivity index is 2.71. The summed E-state index contributed by atoms with van der Waals surface area (Å²) in [6.45, 7) is 0. The summed E-state index contributed by atoms with van der Waals surface area (Å²) in [4.78, 5) is 22.1. The number of ether oxygens (including phenoxy) is 2. The Morgan fingerprint density at radius 3 is 2.21 bits per heavy atom. The van der Waals surface area contributed by atoms with Crippen LogP contribution >= 0.6 is 0 Å². The first-order chi connectivity index (χ1) is 6.60. The van der Waals surface area contributed by atoms with Crippen molar-refractivity contribution >= 4 is 11.9 Å². The third kappa shape index (κ3) is 2.04. The average Bonchev–Trinajstić information content (AvgIpc) is 2.60. The Labute approximate surface area is 82.0 Å². The average molecular weight is 202 g/mol. The number of carboxylic acid groups (broad SMARTS) is 1. The van der Waals surface area contributed by atoms with Gasteiger partial charge in [-0.05, 0) is 12.8 Å². The van der Waals surface area contributed by atoms with Gasteiger partial charge >= 0.3 is 11.9 Å². The molecule has 0 aromatic rings. The number of hydrogen-bond donors (Lipinski definition) is 1. The van der Waals surface area contributed by atoms with Crippen LogP contribution in [0.4, 0.5) is 0 Å². The van der Waals surface area contributed by atoms with Crippen LogP contribution in [0.15, 0.2) is 0 Å². The molecule has 1 rings (SSSR count). The number of carbonyl (C=O) groups excluding carboxylic acids is 1. The standard InChI is InChI=1S/C9H14O5/c1-13-5-3-6(8(10)11)7(4-5)9(12)14-2/h5-7H,3-4H2,1-2H3,(H,10,11)/t5-,6-,7-/m1/s1. The van der Waals surface area contributed by atoms with E-state index in [9.17, 15) is 9.59 Å². The maximum absolute atomic E-state index is 11.2. The SMILES string of the molecule is COC(=O)[C@@H]1C[C@H](OC)C[C@H]1C(=O)O. The van der Waals surface area contributed by atoms with Gasteiger partial charge in [0.2, 0.25) is 0 Å². The van der Waals surface area contributed by atoms with Gasteiger partial charge in [-0.1, -0.05) is 0 Å². The molecular weight excluding hydrogens is 188 g/mol. The molecule has 5 heteroatoms. The lowest BCUT2D eigenvalue weighted by Crippen LogP contribution is -2.26. The molecule has 1 fully saturated rings. The zero-order chi connectivity index (χ0) is 10.7. The normalized spacial score (nSPS) is 31.4. The Morgan fingerprint density at radius 2 is 1.79 bits per heavy atom. The van der Waals surface area contributed by atoms with Gasteiger partial charge in [-0.3, -0.25) is 9.59 Å². The van der Waals surface area contributed by atoms with Crippen molar-refractivity contribution in [2.24, 2.45) is 11.8 Å². The lowest BCUT2D eigenvalue weighted by Gasteiger charge is -2.11. The van der Waals surface area contributed by atoms with Crippen molar-refractivity contribution in [1.29, 1.82) is 0 Å². The highest BCUT2D eigenvalue weighted by Crippen LogP contribution is 2.34. The minimum absolute atomic E-state index is 0.153. The van der Waals surface area contributed by atoms with Gasteiger partial charge in [0.05, 0.1) is 25.0 Å². The van der Waals surface area contributed by atoms with Crippen LogP contribution in [-0.4, -0.2) is 37.4 Å². The predicted molar refractivity (Wildman–Crippen MR) is 46.7 cm³/mol. The van der Waals surface area contributed by atoms with Gasteiger partial charge in [-0.25, -0.2) is 0 Å². The summed E-state index contributed by atoms with van der Waals surface area (Å²) in [7, 11) is 2.78. The highest BCUT2D eigenvalue weighted by atomic mass is 16.5. The van der Waals surface area contributed by atoms with Gasteiger partial charge in [-0.15, -0.1) is 0 Å². The Bertz CT molecular complexity index is 237. The monoisotopic (exact) mass is 202 g/mol. The van der Waals surface area contributed by atoms with E-state index in [1.165, 1.54) is 14.2 Å². The lowest BCUT2D eigenvalue weighted by atomic mass is 9.97. The third-order valence-electron chi connectivity index (χ3n) is 2.67. The Kier molecular flexibility index (Phi) is 3.46. The molecule has 5 nitrogen and oxygen atoms in total. The third-order valence-corrected chi connectivity index (χ3v) is 2.67. The molecular formula is C9H14O5. The summed E-state index contributed by atoms with van der Waals surface area (Å²) in [5.74, 6) is -2.66. The van der Waals surface area contributed by atoms with E-state index in [0.29, 0.717) is 12.8 Å². The number of carboxylic acids is 1. The molecule has 0 aromatic heterocycles. The number of methoxy groups -OCH3 is 2. The fourth-order valence-corrected chi connectivity index (χ4v) is 1.87. The summed E-state index contributed by atoms with van der Waals surface area (Å²) in [5.41, 5.74) is 0. The summed E-state index contributed by atoms with van der Waals surface area (Å²) in [6, 6.07) is 0. The molecule has 0 heterocycles. The van der Waals surface area contributed by atoms with E-state index < -0.39 is 23.8 Å². The van der Waals surface area contributed by atoms with E-state index in [1.807, 2.05) is 0 Å². The molecule has 1 aliphatic carbocycles. The minimum atomic E-state index is -0.958. The van der Waals surface area contributed by atoms with E-state index in [0.717, 1.165) is 0 Å². The zero-order valence-corrected chi connectivity index (χ0v) is 8.23. The second kappa shape index (κ2) is 4.41. The molecule has 3 atom stereocenters. The Hall–Kier alpha value is -1.10. The van der Waals surface area contributed by atoms with Crippen molar-refractivity contribution < 1.29 is 24.2 Å². The molecule has 0 amide bonds. The fourth-order valence-electron chi connectivity index (χ4n) is 1.87. The molecule has 0 aromatic carbocycles. The molecule has 0 unspecified atom stereocenters. The summed E-state index contributed by atoms with van der Waals surface area (Å²) in [6.07, 6.45) is 0.659. The molecule has 0 aliphatic heterocycles. The van der Waals surface area contributed by atoms with E-state index in [-0.39, 0.29) is 6.10 Å². The summed E-state index contributed by atoms with van der Waals surface area (Å²) in [5, 5.41) is 8.88. The van der Waals surface area contributed by atoms with E-state index in [2.05, 4.69) is 4.74 Å². The highest BCUT2D eigenvalue weighted by molar-refractivity contribution is 5.81. The second-order valence-electron chi connectivity index (χ2n) is 3.40. The highest BCUT2D eigenvalue weighted by Gasteiger charge is 2.43. The topological polar surface area (TPSA) is 72.8 Å². The van der Waals surface area contributed by atoms with Crippen LogP contribution in [0.3, 0.4) is 0 Å². The van der Waals surface area contributed by atoms with Crippen LogP contribution in [0.5, 0.6) is 0 Å². The van der Waals surface area contributed by atoms with Crippen LogP contribution < -0.4 is 0 Å². The van der Waals surface area contributed by atoms with Crippen LogP contribution in [0.2, 0.25) is 0 Å². The number of carbonyl (C=O) groups is 2. The van der Waals surface area contributed by atoms with Crippen LogP contribution in [0.1, 0.15) is 12.8 Å². The van der Waals surface area contributed by atoms with Crippen molar-refractivity contribution in [3.63, 3.8) is 0 Å². The maximum Gasteiger partial charge on any atom is 0.309 e. The molecule has 1 aliphatic rings. The van der Waals surface area contributed by atoms with Crippen LogP contribution in [0.25, 0.3) is 0 Å². The van der Waals surface area contributed by atoms with Gasteiger partial charge in [-0.2, -0.15) is 0 Å². The van der Waals surface area contributed by atoms with Crippen molar-refractivity contribution in [2.45, 2.75) is 18.9 Å². The van der Waals surface area contributed by atoms with Crippen molar-refractivity contribution in [1.82, 2.24) is 0 Å². The molecule has 0 radical (unpaired) electrons. The van der Waals surface area contributed by atoms with Gasteiger partial charge in [0, 0.05) is 7.11 Å². The first kappa shape index (κ1) is 11.0. The molecule has 80 valence electrons. The zero-order valence-electron chi connectivity index (χ0n) is 8.23. The lowest BCUT2D eigenvalue weighted by molar-refractivity contribution is -0.154. The summed E-state index contributed by atoms with van der Waals surface area (Å²) >= 11 is 0. The van der Waals surface area contributed by atoms with Crippen LogP contribution in [0, 0.1) is 11.8 Å². The quantitative estimate of drug-likeness (QED) is 0.666. The Morgan fingerprint density at radius 1 is 1.21 bits per heavy atom. The van der Waals surface area contributed by atoms with E-state index in [1.54, 1.807) is 0 Å². The summed E-state index contributed by atoms with van der Waals surface area (Å²) < 4.78 is 9.59. The van der Waals surface area contributed by atoms with Crippen molar-refractivity contribution in [3.05, 3.63) is 0 Å². The minimum Gasteiger partial charge on any atom is -0.481 e. The molecule has 0 spiro atoms. The van der Waals surface area contributed by atoms with Crippen molar-refractivity contribution in [3.8, 4) is 0 Å². The number of hydrogen-bond acceptors (Lipinski definition) is 4. The predicted octanol–water partition coefficient (Wildman–Crippen LogP) is 0.285. The smallest absolute Gasteiger partial charge is 0.309 e. The fraction of sp³-hybridized carbons (Fsp3) is 0.778. The van der Waals surface area contributed by atoms with E-state index >= 15 is 0 Å². The molecule has 1 N–H and O–H groups in total. The maximum atomic E-state index is 11.2. The van der Waals surface area contributed by atoms with Crippen molar-refractivity contribution in [2.75, 3.05) is 14.2 Å². The first-order valence-electron chi connectivity index (χ1n) is 4.43. The van der Waals surface area contributed by atoms with E-state index in [4.69, 9.17) is 9.84 Å². The molecule has 0 bridgehead atoms. The van der Waals surface area contributed by atoms with Gasteiger partial charge in [0.1, 0.15) is 0 Å². The number of aliphatic carboxylic acids is 1. The number of esters is 1. The second-order valence-corrected chi connectivity index (χ2v) is 3.40. The molecule has 14 heavy (non-hydrogen) atoms. The largest absolute Gasteiger partial charge is 0.481 e. The molecule has 0 saturated heterocycles. The van der Waals surface area contributed by atoms with Gasteiger partial charge in [0.25, 0.3) is 0 Å². The van der Waals surface area contributed by atoms with Gasteiger partial charge in [0.15, 0.2) is 0 Å². The van der Waals surface area contributed by atoms with Gasteiger partial charge < -0.3 is 14.6 Å². The molecule has 1 saturated carbocycles.